The molecule has 0 aliphatic heterocycles. The van der Waals surface area contributed by atoms with Gasteiger partial charge in [0.2, 0.25) is 5.88 Å². The fourth-order valence-electron chi connectivity index (χ4n) is 1.85. The number of aryl methyl sites for hydroxylation is 1. The summed E-state index contributed by atoms with van der Waals surface area (Å²) in [5, 5.41) is 19.8. The highest BCUT2D eigenvalue weighted by Gasteiger charge is 2.15. The van der Waals surface area contributed by atoms with Crippen LogP contribution in [0.4, 0.5) is 5.69 Å². The SMILES string of the molecule is Cc1nc(Oc2cccc(C(=O)O)c2C)ccc1[N+](=O)[O-]. The Kier molecular flexibility index (Phi) is 3.84. The van der Waals surface area contributed by atoms with E-state index in [9.17, 15) is 14.9 Å². The quantitative estimate of drug-likeness (QED) is 0.685. The lowest BCUT2D eigenvalue weighted by molar-refractivity contribution is -0.385. The van der Waals surface area contributed by atoms with Gasteiger partial charge in [-0.1, -0.05) is 6.07 Å². The zero-order valence-corrected chi connectivity index (χ0v) is 11.4. The van der Waals surface area contributed by atoms with Crippen LogP contribution in [0.25, 0.3) is 0 Å². The van der Waals surface area contributed by atoms with E-state index in [0.717, 1.165) is 0 Å². The average Bonchev–Trinajstić information content (AvgIpc) is 2.40. The molecule has 0 saturated heterocycles. The molecule has 1 heterocycles. The largest absolute Gasteiger partial charge is 0.478 e. The number of ether oxygens (including phenoxy) is 1. The van der Waals surface area contributed by atoms with Crippen LogP contribution in [0.2, 0.25) is 0 Å². The van der Waals surface area contributed by atoms with Crippen LogP contribution in [-0.2, 0) is 0 Å². The molecular weight excluding hydrogens is 276 g/mol. The van der Waals surface area contributed by atoms with E-state index in [1.165, 1.54) is 25.1 Å². The highest BCUT2D eigenvalue weighted by atomic mass is 16.6. The van der Waals surface area contributed by atoms with E-state index in [1.54, 1.807) is 19.1 Å². The maximum Gasteiger partial charge on any atom is 0.336 e. The summed E-state index contributed by atoms with van der Waals surface area (Å²) in [6.45, 7) is 3.13. The third kappa shape index (κ3) is 2.97. The summed E-state index contributed by atoms with van der Waals surface area (Å²) in [4.78, 5) is 25.2. The molecule has 108 valence electrons. The molecule has 0 amide bonds. The fraction of sp³-hybridized carbons (Fsp3) is 0.143. The summed E-state index contributed by atoms with van der Waals surface area (Å²) < 4.78 is 5.52. The van der Waals surface area contributed by atoms with E-state index in [1.807, 2.05) is 0 Å². The number of nitro groups is 1. The minimum Gasteiger partial charge on any atom is -0.478 e. The number of nitrogens with zero attached hydrogens (tertiary/aromatic N) is 2. The van der Waals surface area contributed by atoms with Gasteiger partial charge in [-0.2, -0.15) is 0 Å². The molecule has 2 aromatic rings. The standard InChI is InChI=1S/C14H12N2O5/c1-8-10(14(17)18)4-3-5-12(8)21-13-7-6-11(16(19)20)9(2)15-13/h3-7H,1-2H3,(H,17,18). The molecule has 0 aliphatic carbocycles. The number of rotatable bonds is 4. The predicted octanol–water partition coefficient (Wildman–Crippen LogP) is 3.10. The molecule has 0 fully saturated rings. The van der Waals surface area contributed by atoms with Crippen molar-refractivity contribution in [2.24, 2.45) is 0 Å². The van der Waals surface area contributed by atoms with Crippen LogP contribution in [0.1, 0.15) is 21.6 Å². The highest BCUT2D eigenvalue weighted by molar-refractivity contribution is 5.90. The van der Waals surface area contributed by atoms with Crippen molar-refractivity contribution in [3.8, 4) is 11.6 Å². The van der Waals surface area contributed by atoms with Crippen molar-refractivity contribution in [3.05, 3.63) is 57.3 Å². The van der Waals surface area contributed by atoms with Crippen molar-refractivity contribution in [2.75, 3.05) is 0 Å². The topological polar surface area (TPSA) is 103 Å². The number of carboxylic acids is 1. The fourth-order valence-corrected chi connectivity index (χ4v) is 1.85. The Morgan fingerprint density at radius 1 is 1.29 bits per heavy atom. The highest BCUT2D eigenvalue weighted by Crippen LogP contribution is 2.28. The Balaban J connectivity index is 2.35. The summed E-state index contributed by atoms with van der Waals surface area (Å²) in [7, 11) is 0. The van der Waals surface area contributed by atoms with E-state index < -0.39 is 10.9 Å². The second-order valence-electron chi connectivity index (χ2n) is 4.35. The number of pyridine rings is 1. The van der Waals surface area contributed by atoms with Gasteiger partial charge in [-0.15, -0.1) is 0 Å². The number of hydrogen-bond acceptors (Lipinski definition) is 5. The molecule has 0 spiro atoms. The first kappa shape index (κ1) is 14.4. The van der Waals surface area contributed by atoms with Gasteiger partial charge < -0.3 is 9.84 Å². The van der Waals surface area contributed by atoms with Gasteiger partial charge in [0.15, 0.2) is 0 Å². The Morgan fingerprint density at radius 3 is 2.57 bits per heavy atom. The molecule has 21 heavy (non-hydrogen) atoms. The van der Waals surface area contributed by atoms with Gasteiger partial charge >= 0.3 is 5.97 Å². The second kappa shape index (κ2) is 5.58. The first-order valence-electron chi connectivity index (χ1n) is 6.03. The normalized spacial score (nSPS) is 10.2. The van der Waals surface area contributed by atoms with E-state index in [0.29, 0.717) is 11.3 Å². The van der Waals surface area contributed by atoms with Crippen LogP contribution in [0.5, 0.6) is 11.6 Å². The lowest BCUT2D eigenvalue weighted by atomic mass is 10.1. The molecule has 2 rings (SSSR count). The molecule has 0 aliphatic rings. The molecule has 7 nitrogen and oxygen atoms in total. The van der Waals surface area contributed by atoms with Crippen molar-refractivity contribution in [1.82, 2.24) is 4.98 Å². The van der Waals surface area contributed by atoms with E-state index in [4.69, 9.17) is 9.84 Å². The lowest BCUT2D eigenvalue weighted by Gasteiger charge is -2.10. The van der Waals surface area contributed by atoms with Gasteiger partial charge in [0.25, 0.3) is 5.69 Å². The van der Waals surface area contributed by atoms with Crippen molar-refractivity contribution >= 4 is 11.7 Å². The number of carbonyl (C=O) groups is 1. The predicted molar refractivity (Wildman–Crippen MR) is 73.8 cm³/mol. The van der Waals surface area contributed by atoms with Crippen LogP contribution in [-0.4, -0.2) is 21.0 Å². The average molecular weight is 288 g/mol. The molecule has 1 aromatic carbocycles. The maximum absolute atomic E-state index is 11.1. The van der Waals surface area contributed by atoms with Crippen molar-refractivity contribution in [3.63, 3.8) is 0 Å². The van der Waals surface area contributed by atoms with E-state index in [-0.39, 0.29) is 22.8 Å². The summed E-state index contributed by atoms with van der Waals surface area (Å²) in [6.07, 6.45) is 0. The summed E-state index contributed by atoms with van der Waals surface area (Å²) >= 11 is 0. The van der Waals surface area contributed by atoms with Crippen LogP contribution in [0, 0.1) is 24.0 Å². The first-order chi connectivity index (χ1) is 9.90. The number of aromatic carboxylic acids is 1. The van der Waals surface area contributed by atoms with Crippen molar-refractivity contribution < 1.29 is 19.6 Å². The van der Waals surface area contributed by atoms with Crippen molar-refractivity contribution in [1.29, 1.82) is 0 Å². The minimum atomic E-state index is -1.05. The number of benzene rings is 1. The number of aromatic nitrogens is 1. The third-order valence-corrected chi connectivity index (χ3v) is 2.96. The molecule has 7 heteroatoms. The smallest absolute Gasteiger partial charge is 0.336 e. The minimum absolute atomic E-state index is 0.0987. The molecule has 1 aromatic heterocycles. The zero-order chi connectivity index (χ0) is 15.6. The molecule has 0 saturated carbocycles. The maximum atomic E-state index is 11.1. The van der Waals surface area contributed by atoms with Crippen LogP contribution < -0.4 is 4.74 Å². The summed E-state index contributed by atoms with van der Waals surface area (Å²) in [6, 6.07) is 7.31. The Morgan fingerprint density at radius 2 is 2.00 bits per heavy atom. The van der Waals surface area contributed by atoms with Gasteiger partial charge in [0.05, 0.1) is 10.5 Å². The van der Waals surface area contributed by atoms with Crippen LogP contribution in [0.15, 0.2) is 30.3 Å². The first-order valence-corrected chi connectivity index (χ1v) is 6.03. The second-order valence-corrected chi connectivity index (χ2v) is 4.35. The molecule has 0 unspecified atom stereocenters. The number of carboxylic acid groups (broad SMARTS) is 1. The van der Waals surface area contributed by atoms with Crippen molar-refractivity contribution in [2.45, 2.75) is 13.8 Å². The Hall–Kier alpha value is -2.96. The number of hydrogen-bond donors (Lipinski definition) is 1. The van der Waals surface area contributed by atoms with Gasteiger partial charge in [0, 0.05) is 17.7 Å². The van der Waals surface area contributed by atoms with Crippen LogP contribution in [0.3, 0.4) is 0 Å². The Labute approximate surface area is 120 Å². The van der Waals surface area contributed by atoms with E-state index in [2.05, 4.69) is 4.98 Å². The van der Waals surface area contributed by atoms with Crippen LogP contribution >= 0.6 is 0 Å². The van der Waals surface area contributed by atoms with E-state index >= 15 is 0 Å². The molecule has 0 radical (unpaired) electrons. The van der Waals surface area contributed by atoms with Gasteiger partial charge in [-0.3, -0.25) is 10.1 Å². The zero-order valence-electron chi connectivity index (χ0n) is 11.4. The van der Waals surface area contributed by atoms with Gasteiger partial charge in [-0.25, -0.2) is 9.78 Å². The Bertz CT molecular complexity index is 727. The lowest BCUT2D eigenvalue weighted by Crippen LogP contribution is -2.02. The summed E-state index contributed by atoms with van der Waals surface area (Å²) in [5.74, 6) is -0.537. The monoisotopic (exact) mass is 288 g/mol. The summed E-state index contributed by atoms with van der Waals surface area (Å²) in [5.41, 5.74) is 0.719. The molecule has 1 N–H and O–H groups in total. The van der Waals surface area contributed by atoms with Gasteiger partial charge in [0.1, 0.15) is 11.4 Å². The molecular formula is C14H12N2O5. The third-order valence-electron chi connectivity index (χ3n) is 2.96. The van der Waals surface area contributed by atoms with Gasteiger partial charge in [-0.05, 0) is 26.0 Å². The molecule has 0 bridgehead atoms. The molecule has 0 atom stereocenters.